The van der Waals surface area contributed by atoms with Crippen LogP contribution in [0.1, 0.15) is 53.9 Å². The summed E-state index contributed by atoms with van der Waals surface area (Å²) < 4.78 is 53.7. The van der Waals surface area contributed by atoms with Crippen LogP contribution in [0.5, 0.6) is 23.0 Å². The predicted molar refractivity (Wildman–Crippen MR) is 166 cm³/mol. The number of hydrogen-bond donors (Lipinski definition) is 2. The molecule has 1 aliphatic rings. The van der Waals surface area contributed by atoms with Gasteiger partial charge in [-0.3, -0.25) is 14.4 Å². The number of benzene rings is 2. The number of thiocarbonyl (C=S) groups is 1. The van der Waals surface area contributed by atoms with Crippen LogP contribution in [0.3, 0.4) is 0 Å². The Labute approximate surface area is 267 Å². The number of thiophene rings is 1. The summed E-state index contributed by atoms with van der Waals surface area (Å²) in [5.41, 5.74) is -0.0837. The number of carboxylic acid groups (broad SMARTS) is 1. The molecule has 2 N–H and O–H groups in total. The van der Waals surface area contributed by atoms with Crippen molar-refractivity contribution in [3.8, 4) is 23.0 Å². The van der Waals surface area contributed by atoms with E-state index in [2.05, 4.69) is 0 Å². The van der Waals surface area contributed by atoms with Gasteiger partial charge in [0.25, 0.3) is 0 Å². The summed E-state index contributed by atoms with van der Waals surface area (Å²) in [4.78, 5) is 38.1. The molecule has 0 fully saturated rings. The number of aliphatic hydroxyl groups excluding tert-OH is 1. The molecule has 2 aromatic carbocycles. The van der Waals surface area contributed by atoms with Gasteiger partial charge in [0, 0.05) is 60.2 Å². The number of halogens is 2. The van der Waals surface area contributed by atoms with Crippen molar-refractivity contribution < 1.29 is 52.3 Å². The van der Waals surface area contributed by atoms with Crippen LogP contribution in [0.25, 0.3) is 10.1 Å². The molecule has 1 amide bonds. The number of aliphatic carboxylic acids is 1. The van der Waals surface area contributed by atoms with Crippen LogP contribution >= 0.6 is 23.6 Å². The minimum Gasteiger partial charge on any atom is -0.502 e. The van der Waals surface area contributed by atoms with Gasteiger partial charge < -0.3 is 34.1 Å². The second-order valence-electron chi connectivity index (χ2n) is 10.7. The van der Waals surface area contributed by atoms with Crippen molar-refractivity contribution in [3.05, 3.63) is 45.8 Å². The first-order valence-electron chi connectivity index (χ1n) is 14.1. The molecule has 14 heteroatoms. The quantitative estimate of drug-likeness (QED) is 0.112. The summed E-state index contributed by atoms with van der Waals surface area (Å²) in [6.07, 6.45) is 0.0621. The van der Waals surface area contributed by atoms with Crippen molar-refractivity contribution >= 4 is 56.4 Å². The number of carbonyl (C=O) groups is 3. The summed E-state index contributed by atoms with van der Waals surface area (Å²) in [7, 11) is 2.67. The number of fused-ring (bicyclic) bond motifs is 2. The lowest BCUT2D eigenvalue weighted by Gasteiger charge is -2.16. The van der Waals surface area contributed by atoms with Crippen LogP contribution in [-0.2, 0) is 22.7 Å². The highest BCUT2D eigenvalue weighted by Crippen LogP contribution is 2.42. The number of ether oxygens (including phenoxy) is 4. The van der Waals surface area contributed by atoms with Crippen LogP contribution in [0, 0.1) is 23.5 Å². The van der Waals surface area contributed by atoms with Gasteiger partial charge in [-0.1, -0.05) is 13.8 Å². The zero-order chi connectivity index (χ0) is 33.0. The third-order valence-electron chi connectivity index (χ3n) is 7.44. The molecule has 0 saturated heterocycles. The number of Topliss-reactive ketones (excluding diaryl/α,β-unsaturated/α-hetero) is 1. The fourth-order valence-corrected chi connectivity index (χ4v) is 5.91. The molecular weight excluding hydrogens is 632 g/mol. The number of methoxy groups -OCH3 is 2. The Bertz CT molecular complexity index is 1640. The smallest absolute Gasteiger partial charge is 0.306 e. The van der Waals surface area contributed by atoms with E-state index in [1.165, 1.54) is 37.4 Å². The third-order valence-corrected chi connectivity index (χ3v) is 8.98. The monoisotopic (exact) mass is 665 g/mol. The summed E-state index contributed by atoms with van der Waals surface area (Å²) >= 11 is 6.05. The van der Waals surface area contributed by atoms with Gasteiger partial charge in [-0.2, -0.15) is 0 Å². The predicted octanol–water partition coefficient (Wildman–Crippen LogP) is 6.09. The zero-order valence-electron chi connectivity index (χ0n) is 25.1. The van der Waals surface area contributed by atoms with E-state index in [9.17, 15) is 19.5 Å². The molecule has 2 atom stereocenters. The van der Waals surface area contributed by atoms with Crippen LogP contribution in [0.4, 0.5) is 8.78 Å². The molecule has 0 unspecified atom stereocenters. The maximum atomic E-state index is 15.5. The van der Waals surface area contributed by atoms with Crippen molar-refractivity contribution in [2.45, 2.75) is 46.2 Å². The minimum atomic E-state index is -1.14. The average Bonchev–Trinajstić information content (AvgIpc) is 3.64. The molecule has 242 valence electrons. The third kappa shape index (κ3) is 7.44. The van der Waals surface area contributed by atoms with Gasteiger partial charge in [0.1, 0.15) is 0 Å². The number of aliphatic hydroxyl groups is 1. The first-order valence-corrected chi connectivity index (χ1v) is 15.3. The van der Waals surface area contributed by atoms with Crippen molar-refractivity contribution in [2.24, 2.45) is 11.8 Å². The van der Waals surface area contributed by atoms with Crippen molar-refractivity contribution in [1.29, 1.82) is 0 Å². The lowest BCUT2D eigenvalue weighted by molar-refractivity contribution is -0.145. The molecule has 3 aromatic rings. The van der Waals surface area contributed by atoms with E-state index in [0.717, 1.165) is 10.1 Å². The van der Waals surface area contributed by atoms with Crippen LogP contribution < -0.4 is 18.9 Å². The van der Waals surface area contributed by atoms with E-state index in [-0.39, 0.29) is 67.5 Å². The lowest BCUT2D eigenvalue weighted by atomic mass is 10.0. The Morgan fingerprint density at radius 2 is 1.56 bits per heavy atom. The standard InChI is InChI=1S/C31H33F2NO9S2/c1-15(30(37)38)9-25(36)34-13-18-19(14-34)27(33)29(28(41-4)26(18)32)43-7-5-6-42-22-10-17-11-24(20(35)8-16(2)31(39)44)45-23(17)12-21(22)40-3/h10-12,15-16H,5-9,13-14H2,1-4H3,(H,37,38)(H,39,44)/t15-,16-/m0/s1. The first-order chi connectivity index (χ1) is 21.4. The van der Waals surface area contributed by atoms with Crippen molar-refractivity contribution in [1.82, 2.24) is 4.90 Å². The molecule has 10 nitrogen and oxygen atoms in total. The summed E-state index contributed by atoms with van der Waals surface area (Å²) in [6, 6.07) is 5.24. The fourth-order valence-electron chi connectivity index (χ4n) is 4.81. The summed E-state index contributed by atoms with van der Waals surface area (Å²) in [5.74, 6) is -4.87. The number of rotatable bonds is 15. The zero-order valence-corrected chi connectivity index (χ0v) is 26.7. The Hall–Kier alpha value is -4.04. The van der Waals surface area contributed by atoms with Crippen molar-refractivity contribution in [3.63, 3.8) is 0 Å². The molecule has 2 heterocycles. The molecular formula is C31H33F2NO9S2. The van der Waals surface area contributed by atoms with E-state index >= 15 is 8.78 Å². The number of carbonyl (C=O) groups excluding carboxylic acids is 2. The van der Waals surface area contributed by atoms with Gasteiger partial charge in [-0.05, 0) is 29.7 Å². The van der Waals surface area contributed by atoms with E-state index in [1.807, 2.05) is 0 Å². The van der Waals surface area contributed by atoms with Gasteiger partial charge in [-0.15, -0.1) is 11.3 Å². The highest BCUT2D eigenvalue weighted by molar-refractivity contribution is 7.80. The Morgan fingerprint density at radius 3 is 2.16 bits per heavy atom. The van der Waals surface area contributed by atoms with Gasteiger partial charge in [0.2, 0.25) is 11.7 Å². The van der Waals surface area contributed by atoms with E-state index in [4.69, 9.17) is 36.3 Å². The summed E-state index contributed by atoms with van der Waals surface area (Å²) in [6.45, 7) is 2.70. The second-order valence-corrected chi connectivity index (χ2v) is 12.2. The number of nitrogens with zero attached hydrogens (tertiary/aromatic N) is 1. The van der Waals surface area contributed by atoms with Crippen molar-refractivity contribution in [2.75, 3.05) is 27.4 Å². The average molecular weight is 666 g/mol. The molecule has 4 rings (SSSR count). The lowest BCUT2D eigenvalue weighted by Crippen LogP contribution is -2.28. The van der Waals surface area contributed by atoms with Crippen LogP contribution in [0.15, 0.2) is 18.2 Å². The maximum absolute atomic E-state index is 15.5. The number of ketones is 1. The molecule has 0 radical (unpaired) electrons. The SMILES string of the molecule is COc1cc2sc(C(=O)C[C@H](C)C(O)=S)cc2cc1OCCCOc1c(F)c2c(c(F)c1OC)CN(C(=O)C[C@H](C)C(=O)O)C2. The highest BCUT2D eigenvalue weighted by Gasteiger charge is 2.35. The molecule has 0 bridgehead atoms. The van der Waals surface area contributed by atoms with Gasteiger partial charge in [0.05, 0.1) is 38.2 Å². The molecule has 1 aromatic heterocycles. The molecule has 0 saturated carbocycles. The Balaban J connectivity index is 1.40. The van der Waals surface area contributed by atoms with Crippen LogP contribution in [0.2, 0.25) is 0 Å². The molecule has 0 aliphatic carbocycles. The highest BCUT2D eigenvalue weighted by atomic mass is 32.1. The molecule has 0 spiro atoms. The fraction of sp³-hybridized carbons (Fsp3) is 0.419. The van der Waals surface area contributed by atoms with Gasteiger partial charge in [0.15, 0.2) is 39.7 Å². The van der Waals surface area contributed by atoms with Gasteiger partial charge >= 0.3 is 5.97 Å². The van der Waals surface area contributed by atoms with Gasteiger partial charge in [-0.25, -0.2) is 8.78 Å². The molecule has 45 heavy (non-hydrogen) atoms. The first kappa shape index (κ1) is 33.8. The minimum absolute atomic E-state index is 0.0384. The molecule has 1 aliphatic heterocycles. The number of carboxylic acids is 1. The van der Waals surface area contributed by atoms with E-state index < -0.39 is 46.8 Å². The number of amides is 1. The van der Waals surface area contributed by atoms with E-state index in [0.29, 0.717) is 16.4 Å². The number of hydrogen-bond acceptors (Lipinski definition) is 9. The summed E-state index contributed by atoms with van der Waals surface area (Å²) in [5, 5.41) is 19.1. The Kier molecular flexibility index (Phi) is 10.8. The second kappa shape index (κ2) is 14.4. The maximum Gasteiger partial charge on any atom is 0.306 e. The normalized spacial score (nSPS) is 13.7. The van der Waals surface area contributed by atoms with E-state index in [1.54, 1.807) is 25.1 Å². The van der Waals surface area contributed by atoms with Crippen LogP contribution in [-0.4, -0.2) is 65.3 Å². The Morgan fingerprint density at radius 1 is 0.911 bits per heavy atom. The largest absolute Gasteiger partial charge is 0.502 e. The topological polar surface area (TPSA) is 132 Å².